The van der Waals surface area contributed by atoms with Crippen LogP contribution in [0.5, 0.6) is 0 Å². The molecule has 0 saturated heterocycles. The van der Waals surface area contributed by atoms with Crippen molar-refractivity contribution in [3.05, 3.63) is 36.0 Å². The number of benzene rings is 1. The van der Waals surface area contributed by atoms with E-state index >= 15 is 0 Å². The number of nitrogens with zero attached hydrogens (tertiary/aromatic N) is 3. The van der Waals surface area contributed by atoms with Crippen LogP contribution in [0.4, 0.5) is 0 Å². The summed E-state index contributed by atoms with van der Waals surface area (Å²) in [5.41, 5.74) is 3.59. The summed E-state index contributed by atoms with van der Waals surface area (Å²) in [5, 5.41) is 8.58. The van der Waals surface area contributed by atoms with E-state index in [4.69, 9.17) is 0 Å². The van der Waals surface area contributed by atoms with E-state index in [-0.39, 0.29) is 5.41 Å². The number of aromatic nitrogens is 3. The van der Waals surface area contributed by atoms with Gasteiger partial charge in [0.05, 0.1) is 12.7 Å². The molecule has 0 atom stereocenters. The predicted octanol–water partition coefficient (Wildman–Crippen LogP) is 3.26. The van der Waals surface area contributed by atoms with Crippen LogP contribution in [0.25, 0.3) is 11.3 Å². The summed E-state index contributed by atoms with van der Waals surface area (Å²) >= 11 is 0. The molecule has 2 aromatic rings. The lowest BCUT2D eigenvalue weighted by Crippen LogP contribution is -2.10. The van der Waals surface area contributed by atoms with Gasteiger partial charge in [-0.3, -0.25) is 0 Å². The smallest absolute Gasteiger partial charge is 0.113 e. The maximum Gasteiger partial charge on any atom is 0.113 e. The Hall–Kier alpha value is -1.64. The third-order valence-electron chi connectivity index (χ3n) is 2.87. The molecule has 0 spiro atoms. The minimum absolute atomic E-state index is 0.194. The van der Waals surface area contributed by atoms with E-state index in [2.05, 4.69) is 55.2 Å². The molecule has 0 saturated carbocycles. The molecule has 0 radical (unpaired) electrons. The third kappa shape index (κ3) is 2.54. The molecule has 1 aromatic carbocycles. The number of hydrogen-bond acceptors (Lipinski definition) is 2. The molecule has 3 nitrogen and oxygen atoms in total. The highest BCUT2D eigenvalue weighted by molar-refractivity contribution is 5.58. The Balaban J connectivity index is 2.29. The lowest BCUT2D eigenvalue weighted by atomic mass is 9.86. The van der Waals surface area contributed by atoms with Crippen LogP contribution in [0.15, 0.2) is 30.5 Å². The van der Waals surface area contributed by atoms with Crippen molar-refractivity contribution in [3.63, 3.8) is 0 Å². The standard InChI is InChI=1S/C14H19N3/c1-5-17-15-10-13(16-17)11-6-8-12(9-7-11)14(2,3)4/h6-10H,5H2,1-4H3. The zero-order chi connectivity index (χ0) is 12.5. The molecular weight excluding hydrogens is 210 g/mol. The van der Waals surface area contributed by atoms with E-state index in [1.165, 1.54) is 5.56 Å². The number of hydrogen-bond donors (Lipinski definition) is 0. The molecule has 17 heavy (non-hydrogen) atoms. The number of aryl methyl sites for hydroxylation is 1. The normalized spacial score (nSPS) is 11.8. The van der Waals surface area contributed by atoms with Gasteiger partial charge in [0.1, 0.15) is 5.69 Å². The molecule has 0 aliphatic heterocycles. The Bertz CT molecular complexity index is 489. The Morgan fingerprint density at radius 3 is 2.24 bits per heavy atom. The summed E-state index contributed by atoms with van der Waals surface area (Å²) in [6, 6.07) is 8.57. The van der Waals surface area contributed by atoms with E-state index in [0.717, 1.165) is 17.8 Å². The van der Waals surface area contributed by atoms with Gasteiger partial charge in [0.15, 0.2) is 0 Å². The number of rotatable bonds is 2. The molecular formula is C14H19N3. The summed E-state index contributed by atoms with van der Waals surface area (Å²) in [6.45, 7) is 9.49. The first-order chi connectivity index (χ1) is 8.00. The van der Waals surface area contributed by atoms with Gasteiger partial charge in [-0.05, 0) is 17.9 Å². The topological polar surface area (TPSA) is 30.7 Å². The van der Waals surface area contributed by atoms with Gasteiger partial charge in [-0.25, -0.2) is 0 Å². The lowest BCUT2D eigenvalue weighted by Gasteiger charge is -2.18. The second-order valence-corrected chi connectivity index (χ2v) is 5.25. The van der Waals surface area contributed by atoms with Crippen molar-refractivity contribution in [3.8, 4) is 11.3 Å². The fraction of sp³-hybridized carbons (Fsp3) is 0.429. The summed E-state index contributed by atoms with van der Waals surface area (Å²) in [7, 11) is 0. The van der Waals surface area contributed by atoms with Crippen LogP contribution >= 0.6 is 0 Å². The van der Waals surface area contributed by atoms with E-state index in [1.54, 1.807) is 4.80 Å². The van der Waals surface area contributed by atoms with Gasteiger partial charge >= 0.3 is 0 Å². The van der Waals surface area contributed by atoms with Crippen LogP contribution in [0.1, 0.15) is 33.3 Å². The Morgan fingerprint density at radius 1 is 1.12 bits per heavy atom. The van der Waals surface area contributed by atoms with Gasteiger partial charge in [0.25, 0.3) is 0 Å². The van der Waals surface area contributed by atoms with Crippen molar-refractivity contribution in [2.45, 2.75) is 39.7 Å². The predicted molar refractivity (Wildman–Crippen MR) is 69.8 cm³/mol. The maximum absolute atomic E-state index is 4.40. The molecule has 0 unspecified atom stereocenters. The van der Waals surface area contributed by atoms with Gasteiger partial charge < -0.3 is 0 Å². The van der Waals surface area contributed by atoms with Crippen LogP contribution in [0, 0.1) is 0 Å². The van der Waals surface area contributed by atoms with Crippen molar-refractivity contribution in [2.75, 3.05) is 0 Å². The summed E-state index contributed by atoms with van der Waals surface area (Å²) in [6.07, 6.45) is 1.82. The molecule has 0 bridgehead atoms. The first-order valence-corrected chi connectivity index (χ1v) is 6.02. The van der Waals surface area contributed by atoms with Crippen molar-refractivity contribution < 1.29 is 0 Å². The van der Waals surface area contributed by atoms with Gasteiger partial charge in [-0.2, -0.15) is 15.0 Å². The molecule has 0 aliphatic rings. The van der Waals surface area contributed by atoms with Gasteiger partial charge in [-0.1, -0.05) is 45.0 Å². The van der Waals surface area contributed by atoms with Gasteiger partial charge in [0, 0.05) is 5.56 Å². The van der Waals surface area contributed by atoms with Gasteiger partial charge in [-0.15, -0.1) is 0 Å². The molecule has 90 valence electrons. The van der Waals surface area contributed by atoms with E-state index in [0.29, 0.717) is 0 Å². The minimum Gasteiger partial charge on any atom is -0.185 e. The average molecular weight is 229 g/mol. The summed E-state index contributed by atoms with van der Waals surface area (Å²) in [5.74, 6) is 0. The molecule has 3 heteroatoms. The highest BCUT2D eigenvalue weighted by Gasteiger charge is 2.13. The SMILES string of the molecule is CCn1ncc(-c2ccc(C(C)(C)C)cc2)n1. The minimum atomic E-state index is 0.194. The maximum atomic E-state index is 4.40. The molecule has 0 N–H and O–H groups in total. The zero-order valence-corrected chi connectivity index (χ0v) is 10.9. The van der Waals surface area contributed by atoms with E-state index < -0.39 is 0 Å². The van der Waals surface area contributed by atoms with Crippen molar-refractivity contribution in [1.29, 1.82) is 0 Å². The summed E-state index contributed by atoms with van der Waals surface area (Å²) < 4.78 is 0. The van der Waals surface area contributed by atoms with Crippen LogP contribution in [0.2, 0.25) is 0 Å². The highest BCUT2D eigenvalue weighted by Crippen LogP contribution is 2.24. The average Bonchev–Trinajstić information content (AvgIpc) is 2.76. The first kappa shape index (κ1) is 11.8. The molecule has 2 rings (SSSR count). The summed E-state index contributed by atoms with van der Waals surface area (Å²) in [4.78, 5) is 1.70. The Morgan fingerprint density at radius 2 is 1.76 bits per heavy atom. The Kier molecular flexibility index (Phi) is 3.01. The van der Waals surface area contributed by atoms with Crippen molar-refractivity contribution >= 4 is 0 Å². The van der Waals surface area contributed by atoms with Gasteiger partial charge in [0.2, 0.25) is 0 Å². The molecule has 0 amide bonds. The lowest BCUT2D eigenvalue weighted by molar-refractivity contribution is 0.571. The zero-order valence-electron chi connectivity index (χ0n) is 10.9. The van der Waals surface area contributed by atoms with E-state index in [1.807, 2.05) is 13.1 Å². The van der Waals surface area contributed by atoms with Crippen molar-refractivity contribution in [2.24, 2.45) is 0 Å². The fourth-order valence-corrected chi connectivity index (χ4v) is 1.72. The highest BCUT2D eigenvalue weighted by atomic mass is 15.5. The Labute approximate surface area is 102 Å². The van der Waals surface area contributed by atoms with Crippen molar-refractivity contribution in [1.82, 2.24) is 15.0 Å². The molecule has 0 aliphatic carbocycles. The second kappa shape index (κ2) is 4.32. The van der Waals surface area contributed by atoms with E-state index in [9.17, 15) is 0 Å². The third-order valence-corrected chi connectivity index (χ3v) is 2.87. The van der Waals surface area contributed by atoms with Crippen LogP contribution < -0.4 is 0 Å². The second-order valence-electron chi connectivity index (χ2n) is 5.25. The first-order valence-electron chi connectivity index (χ1n) is 6.02. The molecule has 0 fully saturated rings. The largest absolute Gasteiger partial charge is 0.185 e. The van der Waals surface area contributed by atoms with Crippen LogP contribution in [-0.2, 0) is 12.0 Å². The fourth-order valence-electron chi connectivity index (χ4n) is 1.72. The monoisotopic (exact) mass is 229 g/mol. The molecule has 1 aromatic heterocycles. The van der Waals surface area contributed by atoms with Crippen LogP contribution in [0.3, 0.4) is 0 Å². The van der Waals surface area contributed by atoms with Crippen LogP contribution in [-0.4, -0.2) is 15.0 Å². The molecule has 1 heterocycles. The quantitative estimate of drug-likeness (QED) is 0.791.